The molecule has 1 fully saturated rings. The third kappa shape index (κ3) is 5.98. The van der Waals surface area contributed by atoms with Gasteiger partial charge in [-0.3, -0.25) is 0 Å². The topological polar surface area (TPSA) is 38.7 Å². The number of aliphatic hydroxyl groups excluding tert-OH is 1. The van der Waals surface area contributed by atoms with E-state index in [1.165, 1.54) is 11.1 Å². The molecule has 1 heterocycles. The molecule has 1 N–H and O–H groups in total. The van der Waals surface area contributed by atoms with E-state index in [4.69, 9.17) is 9.47 Å². The van der Waals surface area contributed by atoms with Crippen molar-refractivity contribution in [3.8, 4) is 16.9 Å². The van der Waals surface area contributed by atoms with Gasteiger partial charge in [-0.15, -0.1) is 0 Å². The summed E-state index contributed by atoms with van der Waals surface area (Å²) in [5.74, 6) is 0.780. The molecule has 0 saturated carbocycles. The maximum atomic E-state index is 10.9. The lowest BCUT2D eigenvalue weighted by molar-refractivity contribution is -0.956. The van der Waals surface area contributed by atoms with Crippen LogP contribution in [-0.2, 0) is 11.3 Å². The predicted octanol–water partition coefficient (Wildman–Crippen LogP) is 4.92. The minimum Gasteiger partial charge on any atom is -0.491 e. The molecule has 0 bridgehead atoms. The zero-order valence-electron chi connectivity index (χ0n) is 19.1. The molecule has 168 valence electrons. The highest BCUT2D eigenvalue weighted by atomic mass is 16.5. The summed E-state index contributed by atoms with van der Waals surface area (Å²) in [6.07, 6.45) is -0.216. The van der Waals surface area contributed by atoms with Gasteiger partial charge in [0.2, 0.25) is 0 Å². The smallest absolute Gasteiger partial charge is 0.137 e. The Hall–Kier alpha value is -2.66. The lowest BCUT2D eigenvalue weighted by Crippen LogP contribution is -2.62. The van der Waals surface area contributed by atoms with E-state index >= 15 is 0 Å². The van der Waals surface area contributed by atoms with Crippen molar-refractivity contribution >= 4 is 0 Å². The van der Waals surface area contributed by atoms with Crippen molar-refractivity contribution in [2.24, 2.45) is 0 Å². The molecule has 4 rings (SSSR count). The first-order chi connectivity index (χ1) is 15.5. The molecule has 0 amide bonds. The molecule has 0 unspecified atom stereocenters. The Balaban J connectivity index is 1.39. The number of hydrogen-bond acceptors (Lipinski definition) is 3. The van der Waals surface area contributed by atoms with E-state index in [-0.39, 0.29) is 18.8 Å². The molecular formula is C28H34NO3+. The van der Waals surface area contributed by atoms with Gasteiger partial charge in [0.15, 0.2) is 0 Å². The first kappa shape index (κ1) is 22.5. The van der Waals surface area contributed by atoms with E-state index in [2.05, 4.69) is 62.4 Å². The van der Waals surface area contributed by atoms with E-state index in [0.717, 1.165) is 35.4 Å². The van der Waals surface area contributed by atoms with Crippen LogP contribution in [0.2, 0.25) is 0 Å². The maximum absolute atomic E-state index is 10.9. The van der Waals surface area contributed by atoms with Crippen LogP contribution in [-0.4, -0.2) is 54.1 Å². The molecule has 4 heteroatoms. The van der Waals surface area contributed by atoms with Gasteiger partial charge in [-0.05, 0) is 37.1 Å². The van der Waals surface area contributed by atoms with Gasteiger partial charge in [-0.2, -0.15) is 0 Å². The predicted molar refractivity (Wildman–Crippen MR) is 128 cm³/mol. The Morgan fingerprint density at radius 3 is 2.03 bits per heavy atom. The fraction of sp³-hybridized carbons (Fsp3) is 0.357. The molecule has 3 atom stereocenters. The van der Waals surface area contributed by atoms with Crippen LogP contribution in [0.15, 0.2) is 84.9 Å². The zero-order valence-corrected chi connectivity index (χ0v) is 19.1. The van der Waals surface area contributed by atoms with E-state index in [9.17, 15) is 5.11 Å². The largest absolute Gasteiger partial charge is 0.491 e. The lowest BCUT2D eigenvalue weighted by Gasteiger charge is -2.47. The molecule has 1 aliphatic heterocycles. The van der Waals surface area contributed by atoms with Gasteiger partial charge in [0.05, 0.1) is 0 Å². The summed E-state index contributed by atoms with van der Waals surface area (Å²) in [6.45, 7) is 7.86. The van der Waals surface area contributed by atoms with Crippen molar-refractivity contribution in [1.29, 1.82) is 0 Å². The Morgan fingerprint density at radius 2 is 1.41 bits per heavy atom. The second-order valence-corrected chi connectivity index (χ2v) is 9.15. The molecule has 4 nitrogen and oxygen atoms in total. The molecule has 1 saturated heterocycles. The first-order valence-electron chi connectivity index (χ1n) is 11.5. The van der Waals surface area contributed by atoms with Gasteiger partial charge in [-0.1, -0.05) is 72.8 Å². The van der Waals surface area contributed by atoms with Crippen LogP contribution in [0.4, 0.5) is 0 Å². The summed E-state index contributed by atoms with van der Waals surface area (Å²) in [5, 5.41) is 10.9. The zero-order chi connectivity index (χ0) is 22.4. The molecular weight excluding hydrogens is 398 g/mol. The van der Waals surface area contributed by atoms with Crippen LogP contribution < -0.4 is 4.74 Å². The van der Waals surface area contributed by atoms with Gasteiger partial charge >= 0.3 is 0 Å². The number of benzene rings is 3. The fourth-order valence-electron chi connectivity index (χ4n) is 5.03. The van der Waals surface area contributed by atoms with Gasteiger partial charge in [0, 0.05) is 5.56 Å². The van der Waals surface area contributed by atoms with E-state index in [1.54, 1.807) is 0 Å². The fourth-order valence-corrected chi connectivity index (χ4v) is 5.03. The van der Waals surface area contributed by atoms with Crippen LogP contribution in [0.3, 0.4) is 0 Å². The number of ether oxygens (including phenoxy) is 2. The molecule has 1 aliphatic rings. The second kappa shape index (κ2) is 10.3. The summed E-state index contributed by atoms with van der Waals surface area (Å²) in [4.78, 5) is 0. The molecule has 0 radical (unpaired) electrons. The second-order valence-electron chi connectivity index (χ2n) is 9.15. The highest BCUT2D eigenvalue weighted by Gasteiger charge is 2.39. The van der Waals surface area contributed by atoms with Crippen molar-refractivity contribution in [3.63, 3.8) is 0 Å². The normalized spacial score (nSPS) is 24.1. The van der Waals surface area contributed by atoms with Gasteiger partial charge < -0.3 is 19.1 Å². The summed E-state index contributed by atoms with van der Waals surface area (Å²) < 4.78 is 12.8. The summed E-state index contributed by atoms with van der Waals surface area (Å²) >= 11 is 0. The SMILES string of the molecule is C[C@@H]1C[N+](Cc2ccccc2)(C[C@H](O)COc2ccc(-c3ccccc3)cc2)C[C@@H](C)O1. The summed E-state index contributed by atoms with van der Waals surface area (Å²) in [5.41, 5.74) is 3.63. The van der Waals surface area contributed by atoms with Crippen molar-refractivity contribution < 1.29 is 19.1 Å². The molecule has 0 aromatic heterocycles. The first-order valence-corrected chi connectivity index (χ1v) is 11.5. The molecule has 3 aromatic rings. The Bertz CT molecular complexity index is 949. The average molecular weight is 433 g/mol. The van der Waals surface area contributed by atoms with Crippen molar-refractivity contribution in [2.75, 3.05) is 26.2 Å². The van der Waals surface area contributed by atoms with Crippen LogP contribution in [0.5, 0.6) is 5.75 Å². The number of nitrogens with zero attached hydrogens (tertiary/aromatic N) is 1. The highest BCUT2D eigenvalue weighted by molar-refractivity contribution is 5.63. The summed E-state index contributed by atoms with van der Waals surface area (Å²) in [6, 6.07) is 28.9. The quantitative estimate of drug-likeness (QED) is 0.514. The van der Waals surface area contributed by atoms with Gasteiger partial charge in [0.25, 0.3) is 0 Å². The standard InChI is InChI=1S/C28H34NO3/c1-22-17-29(18-23(2)32-22,19-24-9-5-3-6-10-24)20-27(30)21-31-28-15-13-26(14-16-28)25-11-7-4-8-12-25/h3-16,22-23,27,30H,17-21H2,1-2H3/q+1/t22-,23-,27+/m1/s1. The van der Waals surface area contributed by atoms with Crippen LogP contribution in [0, 0.1) is 0 Å². The van der Waals surface area contributed by atoms with E-state index < -0.39 is 6.10 Å². The Morgan fingerprint density at radius 1 is 0.844 bits per heavy atom. The van der Waals surface area contributed by atoms with Crippen LogP contribution >= 0.6 is 0 Å². The monoisotopic (exact) mass is 432 g/mol. The van der Waals surface area contributed by atoms with Crippen LogP contribution in [0.1, 0.15) is 19.4 Å². The third-order valence-electron chi connectivity index (χ3n) is 6.12. The van der Waals surface area contributed by atoms with Crippen molar-refractivity contribution in [3.05, 3.63) is 90.5 Å². The highest BCUT2D eigenvalue weighted by Crippen LogP contribution is 2.25. The number of hydrogen-bond donors (Lipinski definition) is 1. The van der Waals surface area contributed by atoms with Crippen molar-refractivity contribution in [1.82, 2.24) is 0 Å². The molecule has 3 aromatic carbocycles. The molecule has 0 aliphatic carbocycles. The average Bonchev–Trinajstić information content (AvgIpc) is 2.78. The Labute approximate surface area is 191 Å². The van der Waals surface area contributed by atoms with Crippen LogP contribution in [0.25, 0.3) is 11.1 Å². The van der Waals surface area contributed by atoms with Gasteiger partial charge in [-0.25, -0.2) is 0 Å². The minimum atomic E-state index is -0.551. The minimum absolute atomic E-state index is 0.168. The van der Waals surface area contributed by atoms with Gasteiger partial charge in [0.1, 0.15) is 56.8 Å². The van der Waals surface area contributed by atoms with E-state index in [1.807, 2.05) is 36.4 Å². The Kier molecular flexibility index (Phi) is 7.26. The van der Waals surface area contributed by atoms with Crippen molar-refractivity contribution in [2.45, 2.75) is 38.7 Å². The van der Waals surface area contributed by atoms with E-state index in [0.29, 0.717) is 6.54 Å². The number of aliphatic hydroxyl groups is 1. The lowest BCUT2D eigenvalue weighted by atomic mass is 10.1. The maximum Gasteiger partial charge on any atom is 0.137 e. The summed E-state index contributed by atoms with van der Waals surface area (Å²) in [7, 11) is 0. The number of rotatable bonds is 8. The number of morpholine rings is 1. The molecule has 0 spiro atoms. The molecule has 32 heavy (non-hydrogen) atoms. The third-order valence-corrected chi connectivity index (χ3v) is 6.12. The number of quaternary nitrogens is 1.